The van der Waals surface area contributed by atoms with Gasteiger partial charge in [-0.1, -0.05) is 37.0 Å². The molecule has 152 valence electrons. The molecule has 2 amide bonds. The molecule has 3 aliphatic rings. The lowest BCUT2D eigenvalue weighted by Gasteiger charge is -2.24. The Bertz CT molecular complexity index is 701. The largest absolute Gasteiger partial charge is 0.441 e. The van der Waals surface area contributed by atoms with Gasteiger partial charge in [-0.05, 0) is 31.9 Å². The first kappa shape index (κ1) is 19.2. The SMILES string of the molecule is Cc1ccc(C(=O)N[C@H]2CO[C@H]3[C@@H]2OC[C@H]3OC(=O)NC2CCCCC2)cc1. The number of alkyl carbamates (subject to hydrolysis) is 1. The summed E-state index contributed by atoms with van der Waals surface area (Å²) in [7, 11) is 0. The predicted octanol–water partition coefficient (Wildman–Crippen LogP) is 2.32. The van der Waals surface area contributed by atoms with Crippen LogP contribution in [0.3, 0.4) is 0 Å². The van der Waals surface area contributed by atoms with Crippen LogP contribution in [0.25, 0.3) is 0 Å². The molecule has 1 saturated carbocycles. The Morgan fingerprint density at radius 3 is 2.43 bits per heavy atom. The molecule has 1 aromatic rings. The third kappa shape index (κ3) is 4.31. The van der Waals surface area contributed by atoms with Crippen molar-refractivity contribution >= 4 is 12.0 Å². The van der Waals surface area contributed by atoms with Gasteiger partial charge in [0.15, 0.2) is 6.10 Å². The van der Waals surface area contributed by atoms with E-state index >= 15 is 0 Å². The molecule has 0 unspecified atom stereocenters. The first-order valence-corrected chi connectivity index (χ1v) is 10.2. The molecule has 1 aliphatic carbocycles. The van der Waals surface area contributed by atoms with Crippen molar-refractivity contribution < 1.29 is 23.8 Å². The number of aryl methyl sites for hydroxylation is 1. The van der Waals surface area contributed by atoms with Crippen LogP contribution in [0.4, 0.5) is 4.79 Å². The molecule has 0 radical (unpaired) electrons. The van der Waals surface area contributed by atoms with Gasteiger partial charge in [-0.2, -0.15) is 0 Å². The molecule has 28 heavy (non-hydrogen) atoms. The van der Waals surface area contributed by atoms with Crippen molar-refractivity contribution in [3.8, 4) is 0 Å². The van der Waals surface area contributed by atoms with Crippen LogP contribution in [-0.2, 0) is 14.2 Å². The van der Waals surface area contributed by atoms with E-state index in [1.54, 1.807) is 12.1 Å². The number of rotatable bonds is 4. The maximum absolute atomic E-state index is 12.5. The fraction of sp³-hybridized carbons (Fsp3) is 0.619. The molecule has 4 rings (SSSR count). The molecule has 2 saturated heterocycles. The quantitative estimate of drug-likeness (QED) is 0.827. The van der Waals surface area contributed by atoms with Crippen molar-refractivity contribution in [2.24, 2.45) is 0 Å². The first-order valence-electron chi connectivity index (χ1n) is 10.2. The van der Waals surface area contributed by atoms with Gasteiger partial charge in [-0.15, -0.1) is 0 Å². The Labute approximate surface area is 165 Å². The van der Waals surface area contributed by atoms with E-state index in [-0.39, 0.29) is 36.8 Å². The minimum Gasteiger partial charge on any atom is -0.441 e. The Morgan fingerprint density at radius 2 is 1.68 bits per heavy atom. The van der Waals surface area contributed by atoms with Gasteiger partial charge < -0.3 is 24.8 Å². The van der Waals surface area contributed by atoms with Crippen molar-refractivity contribution in [2.75, 3.05) is 13.2 Å². The van der Waals surface area contributed by atoms with E-state index in [1.165, 1.54) is 6.42 Å². The van der Waals surface area contributed by atoms with Crippen LogP contribution in [0.1, 0.15) is 48.0 Å². The Morgan fingerprint density at radius 1 is 0.964 bits per heavy atom. The molecule has 7 heteroatoms. The Hall–Kier alpha value is -2.12. The van der Waals surface area contributed by atoms with E-state index in [4.69, 9.17) is 14.2 Å². The van der Waals surface area contributed by atoms with Gasteiger partial charge in [0.2, 0.25) is 0 Å². The van der Waals surface area contributed by atoms with Crippen molar-refractivity contribution in [3.05, 3.63) is 35.4 Å². The molecule has 2 aliphatic heterocycles. The van der Waals surface area contributed by atoms with E-state index in [9.17, 15) is 9.59 Å². The van der Waals surface area contributed by atoms with Gasteiger partial charge in [0, 0.05) is 11.6 Å². The number of hydrogen-bond acceptors (Lipinski definition) is 5. The number of hydrogen-bond donors (Lipinski definition) is 2. The van der Waals surface area contributed by atoms with Crippen LogP contribution >= 0.6 is 0 Å². The summed E-state index contributed by atoms with van der Waals surface area (Å²) < 4.78 is 17.2. The highest BCUT2D eigenvalue weighted by atomic mass is 16.6. The molecule has 0 aromatic heterocycles. The van der Waals surface area contributed by atoms with Gasteiger partial charge in [-0.3, -0.25) is 4.79 Å². The average molecular weight is 388 g/mol. The van der Waals surface area contributed by atoms with Crippen LogP contribution in [-0.4, -0.2) is 55.6 Å². The monoisotopic (exact) mass is 388 g/mol. The van der Waals surface area contributed by atoms with Gasteiger partial charge in [0.1, 0.15) is 12.2 Å². The summed E-state index contributed by atoms with van der Waals surface area (Å²) in [6, 6.07) is 7.36. The highest BCUT2D eigenvalue weighted by molar-refractivity contribution is 5.94. The fourth-order valence-corrected chi connectivity index (χ4v) is 4.23. The number of ether oxygens (including phenoxy) is 3. The second-order valence-electron chi connectivity index (χ2n) is 7.96. The third-order valence-electron chi connectivity index (χ3n) is 5.82. The Balaban J connectivity index is 1.28. The summed E-state index contributed by atoms with van der Waals surface area (Å²) in [6.07, 6.45) is 4.03. The first-order chi connectivity index (χ1) is 13.6. The number of nitrogens with one attached hydrogen (secondary N) is 2. The van der Waals surface area contributed by atoms with Crippen molar-refractivity contribution in [1.82, 2.24) is 10.6 Å². The lowest BCUT2D eigenvalue weighted by molar-refractivity contribution is 0.00261. The van der Waals surface area contributed by atoms with Gasteiger partial charge in [0.05, 0.1) is 19.3 Å². The Kier molecular flexibility index (Phi) is 5.82. The molecule has 3 fully saturated rings. The minimum absolute atomic E-state index is 0.155. The molecule has 4 atom stereocenters. The van der Waals surface area contributed by atoms with E-state index in [1.807, 2.05) is 19.1 Å². The second-order valence-corrected chi connectivity index (χ2v) is 7.96. The van der Waals surface area contributed by atoms with Crippen LogP contribution in [0, 0.1) is 6.92 Å². The maximum Gasteiger partial charge on any atom is 0.407 e. The summed E-state index contributed by atoms with van der Waals surface area (Å²) in [4.78, 5) is 24.7. The molecule has 2 N–H and O–H groups in total. The molecule has 2 heterocycles. The van der Waals surface area contributed by atoms with Gasteiger partial charge in [0.25, 0.3) is 5.91 Å². The highest BCUT2D eigenvalue weighted by Crippen LogP contribution is 2.29. The molecular formula is C21H28N2O5. The number of fused-ring (bicyclic) bond motifs is 1. The van der Waals surface area contributed by atoms with Crippen molar-refractivity contribution in [3.63, 3.8) is 0 Å². The van der Waals surface area contributed by atoms with E-state index < -0.39 is 12.2 Å². The minimum atomic E-state index is -0.449. The van der Waals surface area contributed by atoms with Crippen LogP contribution in [0.2, 0.25) is 0 Å². The van der Waals surface area contributed by atoms with Crippen LogP contribution in [0.15, 0.2) is 24.3 Å². The van der Waals surface area contributed by atoms with Crippen molar-refractivity contribution in [2.45, 2.75) is 69.4 Å². The van der Waals surface area contributed by atoms with E-state index in [2.05, 4.69) is 10.6 Å². The molecular weight excluding hydrogens is 360 g/mol. The third-order valence-corrected chi connectivity index (χ3v) is 5.82. The summed E-state index contributed by atoms with van der Waals surface area (Å²) in [5.74, 6) is -0.155. The van der Waals surface area contributed by atoms with Crippen LogP contribution < -0.4 is 10.6 Å². The molecule has 1 aromatic carbocycles. The molecule has 7 nitrogen and oxygen atoms in total. The lowest BCUT2D eigenvalue weighted by Crippen LogP contribution is -2.45. The van der Waals surface area contributed by atoms with Crippen LogP contribution in [0.5, 0.6) is 0 Å². The summed E-state index contributed by atoms with van der Waals surface area (Å²) >= 11 is 0. The highest BCUT2D eigenvalue weighted by Gasteiger charge is 2.50. The number of carbonyl (C=O) groups excluding carboxylic acids is 2. The number of carbonyl (C=O) groups is 2. The standard InChI is InChI=1S/C21H28N2O5/c1-13-7-9-14(10-8-13)20(24)23-16-11-26-19-17(12-27-18(16)19)28-21(25)22-15-5-3-2-4-6-15/h7-10,15-19H,2-6,11-12H2,1H3,(H,22,25)(H,23,24)/t16-,17+,18+,19+/m0/s1. The maximum atomic E-state index is 12.5. The summed E-state index contributed by atoms with van der Waals surface area (Å²) in [5.41, 5.74) is 1.71. The fourth-order valence-electron chi connectivity index (χ4n) is 4.23. The van der Waals surface area contributed by atoms with Crippen molar-refractivity contribution in [1.29, 1.82) is 0 Å². The summed E-state index contributed by atoms with van der Waals surface area (Å²) in [6.45, 7) is 2.61. The molecule has 0 bridgehead atoms. The van der Waals surface area contributed by atoms with E-state index in [0.717, 1.165) is 31.2 Å². The smallest absolute Gasteiger partial charge is 0.407 e. The van der Waals surface area contributed by atoms with Gasteiger partial charge in [-0.25, -0.2) is 4.79 Å². The number of benzene rings is 1. The topological polar surface area (TPSA) is 85.9 Å². The zero-order valence-corrected chi connectivity index (χ0v) is 16.2. The average Bonchev–Trinajstić information content (AvgIpc) is 3.27. The van der Waals surface area contributed by atoms with E-state index in [0.29, 0.717) is 12.2 Å². The predicted molar refractivity (Wildman–Crippen MR) is 102 cm³/mol. The molecule has 0 spiro atoms. The summed E-state index contributed by atoms with van der Waals surface area (Å²) in [5, 5.41) is 5.93. The van der Waals surface area contributed by atoms with Gasteiger partial charge >= 0.3 is 6.09 Å². The lowest BCUT2D eigenvalue weighted by atomic mass is 9.96. The number of amides is 2. The zero-order valence-electron chi connectivity index (χ0n) is 16.2. The normalized spacial score (nSPS) is 29.9. The zero-order chi connectivity index (χ0) is 19.5. The second kappa shape index (κ2) is 8.49.